The highest BCUT2D eigenvalue weighted by Crippen LogP contribution is 2.30. The molecule has 0 spiro atoms. The molecule has 0 saturated carbocycles. The average Bonchev–Trinajstić information content (AvgIpc) is 3.40. The van der Waals surface area contributed by atoms with Gasteiger partial charge in [-0.2, -0.15) is 0 Å². The van der Waals surface area contributed by atoms with Gasteiger partial charge < -0.3 is 19.7 Å². The van der Waals surface area contributed by atoms with Gasteiger partial charge in [-0.15, -0.1) is 10.2 Å². The third-order valence-corrected chi connectivity index (χ3v) is 5.90. The molecule has 1 fully saturated rings. The highest BCUT2D eigenvalue weighted by Gasteiger charge is 2.35. The largest absolute Gasteiger partial charge is 0.493 e. The van der Waals surface area contributed by atoms with Crippen molar-refractivity contribution in [1.82, 2.24) is 10.2 Å². The maximum absolute atomic E-state index is 12.7. The van der Waals surface area contributed by atoms with Crippen LogP contribution >= 0.6 is 11.3 Å². The van der Waals surface area contributed by atoms with Crippen LogP contribution < -0.4 is 19.7 Å². The van der Waals surface area contributed by atoms with Gasteiger partial charge >= 0.3 is 0 Å². The number of benzene rings is 2. The van der Waals surface area contributed by atoms with Gasteiger partial charge in [0.1, 0.15) is 5.01 Å². The molecule has 3 aromatic rings. The molecular formula is C22H22N4O4S. The fourth-order valence-electron chi connectivity index (χ4n) is 3.49. The molecule has 1 aromatic heterocycles. The Balaban J connectivity index is 1.38. The SMILES string of the molecule is COc1ccc(Cc2nnc(NC(=O)[C@@H]3CC(=O)N(c4ccccc4)C3)s2)cc1OC. The molecule has 2 aromatic carbocycles. The van der Waals surface area contributed by atoms with Crippen molar-refractivity contribution in [3.63, 3.8) is 0 Å². The second kappa shape index (κ2) is 9.13. The van der Waals surface area contributed by atoms with Crippen LogP contribution in [-0.2, 0) is 16.0 Å². The number of carbonyl (C=O) groups is 2. The number of hydrogen-bond donors (Lipinski definition) is 1. The van der Waals surface area contributed by atoms with Gasteiger partial charge in [-0.25, -0.2) is 0 Å². The van der Waals surface area contributed by atoms with E-state index in [0.717, 1.165) is 16.3 Å². The van der Waals surface area contributed by atoms with Crippen LogP contribution in [0, 0.1) is 5.92 Å². The lowest BCUT2D eigenvalue weighted by atomic mass is 10.1. The molecule has 2 heterocycles. The summed E-state index contributed by atoms with van der Waals surface area (Å²) in [5.74, 6) is 0.600. The zero-order valence-corrected chi connectivity index (χ0v) is 18.0. The molecule has 1 saturated heterocycles. The zero-order valence-electron chi connectivity index (χ0n) is 17.2. The normalized spacial score (nSPS) is 15.7. The first kappa shape index (κ1) is 20.8. The summed E-state index contributed by atoms with van der Waals surface area (Å²) in [4.78, 5) is 26.7. The standard InChI is InChI=1S/C22H22N4O4S/c1-29-17-9-8-14(10-18(17)30-2)11-19-24-25-22(31-19)23-21(28)15-12-20(27)26(13-15)16-6-4-3-5-7-16/h3-10,15H,11-13H2,1-2H3,(H,23,25,28)/t15-/m1/s1. The van der Waals surface area contributed by atoms with Crippen LogP contribution in [0.3, 0.4) is 0 Å². The second-order valence-electron chi connectivity index (χ2n) is 7.10. The third kappa shape index (κ3) is 4.66. The van der Waals surface area contributed by atoms with E-state index in [0.29, 0.717) is 29.6 Å². The predicted octanol–water partition coefficient (Wildman–Crippen LogP) is 3.14. The summed E-state index contributed by atoms with van der Waals surface area (Å²) in [6.07, 6.45) is 0.732. The van der Waals surface area contributed by atoms with Gasteiger partial charge in [0.05, 0.1) is 20.1 Å². The van der Waals surface area contributed by atoms with E-state index in [1.54, 1.807) is 19.1 Å². The highest BCUT2D eigenvalue weighted by atomic mass is 32.1. The van der Waals surface area contributed by atoms with Gasteiger partial charge in [-0.1, -0.05) is 35.6 Å². The molecule has 0 aliphatic carbocycles. The van der Waals surface area contributed by atoms with E-state index in [4.69, 9.17) is 9.47 Å². The molecule has 31 heavy (non-hydrogen) atoms. The molecule has 4 rings (SSSR count). The predicted molar refractivity (Wildman–Crippen MR) is 118 cm³/mol. The number of ether oxygens (including phenoxy) is 2. The number of nitrogens with zero attached hydrogens (tertiary/aromatic N) is 3. The Hall–Kier alpha value is -3.46. The minimum absolute atomic E-state index is 0.0576. The van der Waals surface area contributed by atoms with Crippen LogP contribution in [0.5, 0.6) is 11.5 Å². The van der Waals surface area contributed by atoms with E-state index in [-0.39, 0.29) is 18.2 Å². The number of hydrogen-bond acceptors (Lipinski definition) is 7. The molecule has 1 aliphatic heterocycles. The Morgan fingerprint density at radius 2 is 1.90 bits per heavy atom. The zero-order chi connectivity index (χ0) is 21.8. The molecule has 0 radical (unpaired) electrons. The van der Waals surface area contributed by atoms with Crippen molar-refractivity contribution in [1.29, 1.82) is 0 Å². The summed E-state index contributed by atoms with van der Waals surface area (Å²) in [5.41, 5.74) is 1.79. The molecule has 1 N–H and O–H groups in total. The summed E-state index contributed by atoms with van der Waals surface area (Å²) >= 11 is 1.31. The summed E-state index contributed by atoms with van der Waals surface area (Å²) in [6, 6.07) is 15.0. The van der Waals surface area contributed by atoms with Gasteiger partial charge in [0.25, 0.3) is 0 Å². The van der Waals surface area contributed by atoms with E-state index < -0.39 is 5.92 Å². The van der Waals surface area contributed by atoms with Crippen molar-refractivity contribution in [2.75, 3.05) is 31.0 Å². The fraction of sp³-hybridized carbons (Fsp3) is 0.273. The number of para-hydroxylation sites is 1. The van der Waals surface area contributed by atoms with Crippen molar-refractivity contribution in [2.45, 2.75) is 12.8 Å². The number of aromatic nitrogens is 2. The van der Waals surface area contributed by atoms with E-state index in [1.807, 2.05) is 48.5 Å². The quantitative estimate of drug-likeness (QED) is 0.609. The van der Waals surface area contributed by atoms with Crippen molar-refractivity contribution in [3.05, 3.63) is 59.1 Å². The second-order valence-corrected chi connectivity index (χ2v) is 8.16. The third-order valence-electron chi connectivity index (χ3n) is 5.06. The van der Waals surface area contributed by atoms with Gasteiger partial charge in [0.15, 0.2) is 11.5 Å². The number of amides is 2. The summed E-state index contributed by atoms with van der Waals surface area (Å²) in [5, 5.41) is 12.2. The lowest BCUT2D eigenvalue weighted by molar-refractivity contribution is -0.122. The first-order valence-electron chi connectivity index (χ1n) is 9.77. The van der Waals surface area contributed by atoms with Crippen molar-refractivity contribution < 1.29 is 19.1 Å². The lowest BCUT2D eigenvalue weighted by Gasteiger charge is -2.16. The number of anilines is 2. The Morgan fingerprint density at radius 3 is 2.65 bits per heavy atom. The van der Waals surface area contributed by atoms with Crippen molar-refractivity contribution >= 4 is 34.0 Å². The van der Waals surface area contributed by atoms with Crippen LogP contribution in [-0.4, -0.2) is 42.8 Å². The Bertz CT molecular complexity index is 1090. The van der Waals surface area contributed by atoms with E-state index >= 15 is 0 Å². The van der Waals surface area contributed by atoms with Gasteiger partial charge in [0.2, 0.25) is 16.9 Å². The minimum atomic E-state index is -0.425. The average molecular weight is 439 g/mol. The number of nitrogens with one attached hydrogen (secondary N) is 1. The molecular weight excluding hydrogens is 416 g/mol. The molecule has 8 nitrogen and oxygen atoms in total. The Morgan fingerprint density at radius 1 is 1.13 bits per heavy atom. The van der Waals surface area contributed by atoms with E-state index in [9.17, 15) is 9.59 Å². The fourth-order valence-corrected chi connectivity index (χ4v) is 4.27. The summed E-state index contributed by atoms with van der Waals surface area (Å²) in [6.45, 7) is 0.353. The van der Waals surface area contributed by atoms with Gasteiger partial charge in [-0.3, -0.25) is 9.59 Å². The van der Waals surface area contributed by atoms with Crippen LogP contribution in [0.4, 0.5) is 10.8 Å². The smallest absolute Gasteiger partial charge is 0.231 e. The van der Waals surface area contributed by atoms with Crippen LogP contribution in [0.1, 0.15) is 17.0 Å². The summed E-state index contributed by atoms with van der Waals surface area (Å²) in [7, 11) is 3.18. The maximum Gasteiger partial charge on any atom is 0.231 e. The van der Waals surface area contributed by atoms with Crippen LogP contribution in [0.15, 0.2) is 48.5 Å². The van der Waals surface area contributed by atoms with Gasteiger partial charge in [-0.05, 0) is 29.8 Å². The minimum Gasteiger partial charge on any atom is -0.493 e. The maximum atomic E-state index is 12.7. The number of methoxy groups -OCH3 is 2. The molecule has 0 bridgehead atoms. The lowest BCUT2D eigenvalue weighted by Crippen LogP contribution is -2.28. The molecule has 9 heteroatoms. The summed E-state index contributed by atoms with van der Waals surface area (Å²) < 4.78 is 10.6. The Kier molecular flexibility index (Phi) is 6.13. The Labute approximate surface area is 183 Å². The molecule has 1 aliphatic rings. The van der Waals surface area contributed by atoms with Crippen molar-refractivity contribution in [3.8, 4) is 11.5 Å². The number of rotatable bonds is 7. The van der Waals surface area contributed by atoms with Gasteiger partial charge in [0, 0.05) is 25.1 Å². The molecule has 160 valence electrons. The molecule has 2 amide bonds. The first-order valence-corrected chi connectivity index (χ1v) is 10.6. The molecule has 0 unspecified atom stereocenters. The van der Waals surface area contributed by atoms with Crippen LogP contribution in [0.2, 0.25) is 0 Å². The molecule has 1 atom stereocenters. The monoisotopic (exact) mass is 438 g/mol. The number of carbonyl (C=O) groups excluding carboxylic acids is 2. The first-order chi connectivity index (χ1) is 15.1. The highest BCUT2D eigenvalue weighted by molar-refractivity contribution is 7.15. The van der Waals surface area contributed by atoms with E-state index in [2.05, 4.69) is 15.5 Å². The van der Waals surface area contributed by atoms with E-state index in [1.165, 1.54) is 11.3 Å². The van der Waals surface area contributed by atoms with Crippen molar-refractivity contribution in [2.24, 2.45) is 5.92 Å². The topological polar surface area (TPSA) is 93.7 Å². The van der Waals surface area contributed by atoms with Crippen LogP contribution in [0.25, 0.3) is 0 Å².